The fraction of sp³-hybridized carbons (Fsp3) is 0.636. The van der Waals surface area contributed by atoms with Gasteiger partial charge in [0.25, 0.3) is 5.56 Å². The third-order valence-corrected chi connectivity index (χ3v) is 3.72. The number of rotatable bonds is 3. The van der Waals surface area contributed by atoms with E-state index in [1.54, 1.807) is 0 Å². The molecule has 88 valence electrons. The predicted molar refractivity (Wildman–Crippen MR) is 66.5 cm³/mol. The Hall–Kier alpha value is -0.680. The van der Waals surface area contributed by atoms with E-state index in [1.165, 1.54) is 13.0 Å². The van der Waals surface area contributed by atoms with E-state index >= 15 is 0 Å². The topological polar surface area (TPSA) is 49.0 Å². The van der Waals surface area contributed by atoms with Crippen LogP contribution >= 0.6 is 15.9 Å². The fourth-order valence-electron chi connectivity index (χ4n) is 2.19. The molecule has 1 aromatic heterocycles. The first-order valence-corrected chi connectivity index (χ1v) is 6.44. The molecule has 2 rings (SSSR count). The lowest BCUT2D eigenvalue weighted by Crippen LogP contribution is -2.20. The van der Waals surface area contributed by atoms with Gasteiger partial charge in [0, 0.05) is 6.54 Å². The van der Waals surface area contributed by atoms with Crippen molar-refractivity contribution < 1.29 is 0 Å². The summed E-state index contributed by atoms with van der Waals surface area (Å²) in [5.74, 6) is 0.672. The van der Waals surface area contributed by atoms with E-state index in [4.69, 9.17) is 0 Å². The molecule has 1 atom stereocenters. The first kappa shape index (κ1) is 11.8. The molecule has 1 aliphatic rings. The molecule has 0 aromatic carbocycles. The average molecular weight is 286 g/mol. The van der Waals surface area contributed by atoms with Crippen LogP contribution in [0.2, 0.25) is 0 Å². The van der Waals surface area contributed by atoms with Gasteiger partial charge >= 0.3 is 0 Å². The molecule has 1 aromatic rings. The van der Waals surface area contributed by atoms with E-state index in [1.807, 2.05) is 6.07 Å². The van der Waals surface area contributed by atoms with Gasteiger partial charge in [-0.1, -0.05) is 6.92 Å². The molecule has 1 unspecified atom stereocenters. The van der Waals surface area contributed by atoms with Gasteiger partial charge in [0.2, 0.25) is 0 Å². The molecule has 0 spiro atoms. The summed E-state index contributed by atoms with van der Waals surface area (Å²) in [6, 6.07) is 1.83. The summed E-state index contributed by atoms with van der Waals surface area (Å²) in [5.41, 5.74) is 0.805. The quantitative estimate of drug-likeness (QED) is 0.914. The summed E-state index contributed by atoms with van der Waals surface area (Å²) in [6.07, 6.45) is 2.18. The third-order valence-electron chi connectivity index (χ3n) is 3.13. The molecule has 1 fully saturated rings. The summed E-state index contributed by atoms with van der Waals surface area (Å²) in [4.78, 5) is 13.6. The van der Waals surface area contributed by atoms with Crippen molar-refractivity contribution >= 4 is 15.9 Å². The minimum atomic E-state index is -0.162. The standard InChI is InChI=1S/C11H16BrN3O/c1-2-15-4-3-8(7-15)5-9-6-10(12)11(16)14-13-9/h6,8H,2-5,7H2,1H3,(H,14,16). The molecule has 0 radical (unpaired) electrons. The zero-order valence-electron chi connectivity index (χ0n) is 9.37. The Morgan fingerprint density at radius 3 is 3.12 bits per heavy atom. The number of likely N-dealkylation sites (tertiary alicyclic amines) is 1. The Bertz CT molecular complexity index is 418. The maximum absolute atomic E-state index is 11.1. The van der Waals surface area contributed by atoms with Crippen LogP contribution in [0.1, 0.15) is 19.0 Å². The monoisotopic (exact) mass is 285 g/mol. The van der Waals surface area contributed by atoms with Crippen molar-refractivity contribution in [3.05, 3.63) is 26.6 Å². The van der Waals surface area contributed by atoms with E-state index < -0.39 is 0 Å². The lowest BCUT2D eigenvalue weighted by atomic mass is 10.0. The van der Waals surface area contributed by atoms with Crippen molar-refractivity contribution in [1.82, 2.24) is 15.1 Å². The normalized spacial score (nSPS) is 21.5. The summed E-state index contributed by atoms with van der Waals surface area (Å²) < 4.78 is 0.572. The first-order valence-electron chi connectivity index (χ1n) is 5.65. The highest BCUT2D eigenvalue weighted by Gasteiger charge is 2.21. The zero-order chi connectivity index (χ0) is 11.5. The van der Waals surface area contributed by atoms with Crippen LogP contribution in [0.4, 0.5) is 0 Å². The molecule has 0 aliphatic carbocycles. The van der Waals surface area contributed by atoms with Gasteiger partial charge in [-0.2, -0.15) is 5.10 Å². The Labute approximate surface area is 103 Å². The van der Waals surface area contributed by atoms with Crippen LogP contribution in [0.25, 0.3) is 0 Å². The van der Waals surface area contributed by atoms with Gasteiger partial charge in [0.15, 0.2) is 0 Å². The molecule has 4 nitrogen and oxygen atoms in total. The highest BCUT2D eigenvalue weighted by atomic mass is 79.9. The van der Waals surface area contributed by atoms with Crippen LogP contribution in [-0.4, -0.2) is 34.7 Å². The van der Waals surface area contributed by atoms with E-state index in [0.29, 0.717) is 10.4 Å². The maximum atomic E-state index is 11.1. The summed E-state index contributed by atoms with van der Waals surface area (Å²) in [7, 11) is 0. The number of hydrogen-bond donors (Lipinski definition) is 1. The van der Waals surface area contributed by atoms with Crippen LogP contribution in [0.5, 0.6) is 0 Å². The Kier molecular flexibility index (Phi) is 3.76. The molecule has 0 saturated carbocycles. The van der Waals surface area contributed by atoms with Crippen LogP contribution in [-0.2, 0) is 6.42 Å². The zero-order valence-corrected chi connectivity index (χ0v) is 11.0. The van der Waals surface area contributed by atoms with Gasteiger partial charge in [0.05, 0.1) is 10.2 Å². The first-order chi connectivity index (χ1) is 7.69. The number of halogens is 1. The van der Waals surface area contributed by atoms with Gasteiger partial charge in [-0.05, 0) is 53.8 Å². The van der Waals surface area contributed by atoms with E-state index in [9.17, 15) is 4.79 Å². The second-order valence-corrected chi connectivity index (χ2v) is 5.14. The molecule has 1 saturated heterocycles. The number of nitrogens with zero attached hydrogens (tertiary/aromatic N) is 2. The van der Waals surface area contributed by atoms with Gasteiger partial charge in [-0.15, -0.1) is 0 Å². The largest absolute Gasteiger partial charge is 0.303 e. The van der Waals surface area contributed by atoms with E-state index in [0.717, 1.165) is 25.2 Å². The molecule has 5 heteroatoms. The van der Waals surface area contributed by atoms with Gasteiger partial charge < -0.3 is 4.90 Å². The second-order valence-electron chi connectivity index (χ2n) is 4.29. The van der Waals surface area contributed by atoms with Crippen LogP contribution in [0.15, 0.2) is 15.3 Å². The van der Waals surface area contributed by atoms with Crippen LogP contribution in [0, 0.1) is 5.92 Å². The van der Waals surface area contributed by atoms with Crippen molar-refractivity contribution in [1.29, 1.82) is 0 Å². The molecular weight excluding hydrogens is 270 g/mol. The lowest BCUT2D eigenvalue weighted by molar-refractivity contribution is 0.341. The van der Waals surface area contributed by atoms with Crippen molar-refractivity contribution in [2.45, 2.75) is 19.8 Å². The van der Waals surface area contributed by atoms with Gasteiger partial charge in [-0.25, -0.2) is 5.10 Å². The minimum Gasteiger partial charge on any atom is -0.303 e. The Balaban J connectivity index is 1.99. The van der Waals surface area contributed by atoms with E-state index in [2.05, 4.69) is 38.0 Å². The lowest BCUT2D eigenvalue weighted by Gasteiger charge is -2.12. The van der Waals surface area contributed by atoms with Crippen molar-refractivity contribution in [2.75, 3.05) is 19.6 Å². The maximum Gasteiger partial charge on any atom is 0.278 e. The molecule has 1 N–H and O–H groups in total. The van der Waals surface area contributed by atoms with Crippen LogP contribution < -0.4 is 5.56 Å². The molecule has 1 aliphatic heterocycles. The number of aromatic amines is 1. The minimum absolute atomic E-state index is 0.162. The highest BCUT2D eigenvalue weighted by Crippen LogP contribution is 2.19. The SMILES string of the molecule is CCN1CCC(Cc2cc(Br)c(=O)[nH]n2)C1. The van der Waals surface area contributed by atoms with E-state index in [-0.39, 0.29) is 5.56 Å². The number of aromatic nitrogens is 2. The van der Waals surface area contributed by atoms with Gasteiger partial charge in [-0.3, -0.25) is 4.79 Å². The van der Waals surface area contributed by atoms with Crippen molar-refractivity contribution in [2.24, 2.45) is 5.92 Å². The number of H-pyrrole nitrogens is 1. The molecular formula is C11H16BrN3O. The number of hydrogen-bond acceptors (Lipinski definition) is 3. The molecule has 16 heavy (non-hydrogen) atoms. The fourth-order valence-corrected chi connectivity index (χ4v) is 2.54. The summed E-state index contributed by atoms with van der Waals surface area (Å²) in [6.45, 7) is 5.65. The smallest absolute Gasteiger partial charge is 0.278 e. The molecule has 0 amide bonds. The second kappa shape index (κ2) is 5.10. The molecule has 2 heterocycles. The molecule has 0 bridgehead atoms. The average Bonchev–Trinajstić information content (AvgIpc) is 2.71. The summed E-state index contributed by atoms with van der Waals surface area (Å²) >= 11 is 3.23. The number of nitrogens with one attached hydrogen (secondary N) is 1. The Morgan fingerprint density at radius 1 is 1.69 bits per heavy atom. The predicted octanol–water partition coefficient (Wildman–Crippen LogP) is 1.42. The van der Waals surface area contributed by atoms with Crippen LogP contribution in [0.3, 0.4) is 0 Å². The highest BCUT2D eigenvalue weighted by molar-refractivity contribution is 9.10. The summed E-state index contributed by atoms with van der Waals surface area (Å²) in [5, 5.41) is 6.57. The third kappa shape index (κ3) is 2.71. The Morgan fingerprint density at radius 2 is 2.50 bits per heavy atom. The van der Waals surface area contributed by atoms with Gasteiger partial charge in [0.1, 0.15) is 0 Å². The van der Waals surface area contributed by atoms with Crippen molar-refractivity contribution in [3.63, 3.8) is 0 Å². The van der Waals surface area contributed by atoms with Crippen molar-refractivity contribution in [3.8, 4) is 0 Å².